The molecule has 0 aromatic rings. The van der Waals surface area contributed by atoms with E-state index in [1.807, 2.05) is 12.2 Å². The molecule has 2 atom stereocenters. The second-order valence-electron chi connectivity index (χ2n) is 6.80. The molecular formula is C21H36O3. The van der Waals surface area contributed by atoms with Gasteiger partial charge in [-0.25, -0.2) is 0 Å². The Hall–Kier alpha value is -0.900. The molecule has 1 N–H and O–H groups in total. The second-order valence-corrected chi connectivity index (χ2v) is 6.80. The van der Waals surface area contributed by atoms with Gasteiger partial charge in [-0.3, -0.25) is 0 Å². The van der Waals surface area contributed by atoms with E-state index in [0.29, 0.717) is 6.61 Å². The van der Waals surface area contributed by atoms with E-state index in [1.54, 1.807) is 13.0 Å². The third-order valence-electron chi connectivity index (χ3n) is 4.27. The lowest BCUT2D eigenvalue weighted by atomic mass is 9.94. The van der Waals surface area contributed by atoms with Crippen molar-refractivity contribution in [3.63, 3.8) is 0 Å². The lowest BCUT2D eigenvalue weighted by molar-refractivity contribution is -0.208. The van der Waals surface area contributed by atoms with Crippen LogP contribution in [0.3, 0.4) is 0 Å². The highest BCUT2D eigenvalue weighted by molar-refractivity contribution is 5.23. The minimum absolute atomic E-state index is 0.270. The maximum Gasteiger partial charge on any atom is 0.192 e. The smallest absolute Gasteiger partial charge is 0.192 e. The van der Waals surface area contributed by atoms with Gasteiger partial charge in [0.2, 0.25) is 0 Å². The number of ether oxygens (including phenoxy) is 2. The summed E-state index contributed by atoms with van der Waals surface area (Å²) in [7, 11) is 0. The van der Waals surface area contributed by atoms with Crippen LogP contribution in [0.5, 0.6) is 0 Å². The van der Waals surface area contributed by atoms with Crippen LogP contribution in [0, 0.1) is 0 Å². The Bertz CT molecular complexity index is 398. The van der Waals surface area contributed by atoms with E-state index in [0.717, 1.165) is 12.8 Å². The van der Waals surface area contributed by atoms with Crippen LogP contribution in [0.2, 0.25) is 0 Å². The number of rotatable bonds is 14. The van der Waals surface area contributed by atoms with Gasteiger partial charge in [-0.2, -0.15) is 0 Å². The maximum atomic E-state index is 9.51. The lowest BCUT2D eigenvalue weighted by Crippen LogP contribution is -2.38. The fourth-order valence-corrected chi connectivity index (χ4v) is 2.95. The topological polar surface area (TPSA) is 38.7 Å². The second kappa shape index (κ2) is 12.5. The molecule has 1 aliphatic rings. The summed E-state index contributed by atoms with van der Waals surface area (Å²) in [6.45, 7) is 8.40. The molecule has 0 radical (unpaired) electrons. The van der Waals surface area contributed by atoms with Gasteiger partial charge in [0, 0.05) is 6.42 Å². The van der Waals surface area contributed by atoms with E-state index in [9.17, 15) is 5.11 Å². The number of hydrogen-bond donors (Lipinski definition) is 1. The molecule has 3 heteroatoms. The predicted octanol–water partition coefficient (Wildman–Crippen LogP) is 5.31. The van der Waals surface area contributed by atoms with E-state index >= 15 is 0 Å². The molecule has 0 heterocycles. The van der Waals surface area contributed by atoms with Gasteiger partial charge in [0.05, 0.1) is 19.3 Å². The molecule has 0 aliphatic heterocycles. The van der Waals surface area contributed by atoms with Crippen LogP contribution in [-0.4, -0.2) is 30.2 Å². The summed E-state index contributed by atoms with van der Waals surface area (Å²) in [6, 6.07) is 0. The highest BCUT2D eigenvalue weighted by Gasteiger charge is 2.32. The fourth-order valence-electron chi connectivity index (χ4n) is 2.95. The van der Waals surface area contributed by atoms with Crippen molar-refractivity contribution in [2.75, 3.05) is 13.2 Å². The number of aliphatic hydroxyl groups is 1. The van der Waals surface area contributed by atoms with E-state index < -0.39 is 11.9 Å². The Balaban J connectivity index is 2.39. The summed E-state index contributed by atoms with van der Waals surface area (Å²) in [5, 5.41) is 9.51. The average Bonchev–Trinajstić information content (AvgIpc) is 2.58. The first-order valence-corrected chi connectivity index (χ1v) is 9.56. The molecule has 0 bridgehead atoms. The van der Waals surface area contributed by atoms with Crippen LogP contribution in [0.15, 0.2) is 36.5 Å². The zero-order valence-electron chi connectivity index (χ0n) is 15.6. The number of aliphatic hydroxyl groups excluding tert-OH is 1. The van der Waals surface area contributed by atoms with Crippen LogP contribution in [0.25, 0.3) is 0 Å². The summed E-state index contributed by atoms with van der Waals surface area (Å²) in [4.78, 5) is 0. The summed E-state index contributed by atoms with van der Waals surface area (Å²) >= 11 is 0. The molecule has 0 saturated heterocycles. The average molecular weight is 337 g/mol. The van der Waals surface area contributed by atoms with Crippen LogP contribution < -0.4 is 0 Å². The van der Waals surface area contributed by atoms with Crippen LogP contribution in [0.4, 0.5) is 0 Å². The van der Waals surface area contributed by atoms with Gasteiger partial charge < -0.3 is 14.6 Å². The minimum atomic E-state index is -0.754. The van der Waals surface area contributed by atoms with E-state index in [1.165, 1.54) is 50.5 Å². The number of unbranched alkanes of at least 4 members (excludes halogenated alkanes) is 6. The third kappa shape index (κ3) is 8.81. The molecular weight excluding hydrogens is 300 g/mol. The van der Waals surface area contributed by atoms with E-state index in [2.05, 4.69) is 19.6 Å². The van der Waals surface area contributed by atoms with Crippen LogP contribution >= 0.6 is 0 Å². The summed E-state index contributed by atoms with van der Waals surface area (Å²) in [5.41, 5.74) is 1.36. The molecule has 0 aromatic heterocycles. The standard InChI is InChI=1S/C21H36O3/c1-4-6-7-8-9-10-11-13-20-14-12-15-21(17-20,23-16-5-2)24-18-19(3)22/h5,12,14-15,19,22H,2,4,6-11,13,16-18H2,1,3H3. The Kier molecular flexibility index (Phi) is 11.0. The predicted molar refractivity (Wildman–Crippen MR) is 101 cm³/mol. The van der Waals surface area contributed by atoms with Gasteiger partial charge in [0.15, 0.2) is 5.79 Å². The van der Waals surface area contributed by atoms with Crippen molar-refractivity contribution in [3.05, 3.63) is 36.5 Å². The van der Waals surface area contributed by atoms with Crippen molar-refractivity contribution in [3.8, 4) is 0 Å². The van der Waals surface area contributed by atoms with Crippen molar-refractivity contribution >= 4 is 0 Å². The largest absolute Gasteiger partial charge is 0.391 e. The van der Waals surface area contributed by atoms with Gasteiger partial charge in [0.25, 0.3) is 0 Å². The summed E-state index contributed by atoms with van der Waals surface area (Å²) in [5.74, 6) is -0.754. The van der Waals surface area contributed by atoms with Gasteiger partial charge in [-0.1, -0.05) is 69.2 Å². The Morgan fingerprint density at radius 1 is 1.21 bits per heavy atom. The molecule has 0 aromatic carbocycles. The number of allylic oxidation sites excluding steroid dienone is 2. The van der Waals surface area contributed by atoms with Crippen molar-refractivity contribution in [2.45, 2.75) is 83.5 Å². The fraction of sp³-hybridized carbons (Fsp3) is 0.714. The molecule has 2 unspecified atom stereocenters. The summed E-state index contributed by atoms with van der Waals surface area (Å²) < 4.78 is 11.8. The molecule has 1 rings (SSSR count). The van der Waals surface area contributed by atoms with Crippen molar-refractivity contribution < 1.29 is 14.6 Å². The van der Waals surface area contributed by atoms with E-state index in [-0.39, 0.29) is 6.61 Å². The lowest BCUT2D eigenvalue weighted by Gasteiger charge is -2.34. The molecule has 138 valence electrons. The normalized spacial score (nSPS) is 21.5. The Morgan fingerprint density at radius 3 is 2.58 bits per heavy atom. The molecule has 0 saturated carbocycles. The monoisotopic (exact) mass is 336 g/mol. The first-order valence-electron chi connectivity index (χ1n) is 9.56. The first kappa shape index (κ1) is 21.1. The molecule has 1 aliphatic carbocycles. The van der Waals surface area contributed by atoms with Crippen molar-refractivity contribution in [1.29, 1.82) is 0 Å². The van der Waals surface area contributed by atoms with Crippen LogP contribution in [-0.2, 0) is 9.47 Å². The molecule has 0 fully saturated rings. The minimum Gasteiger partial charge on any atom is -0.391 e. The number of hydrogen-bond acceptors (Lipinski definition) is 3. The van der Waals surface area contributed by atoms with E-state index in [4.69, 9.17) is 9.47 Å². The zero-order valence-corrected chi connectivity index (χ0v) is 15.6. The zero-order chi connectivity index (χ0) is 17.7. The highest BCUT2D eigenvalue weighted by Crippen LogP contribution is 2.31. The molecule has 3 nitrogen and oxygen atoms in total. The van der Waals surface area contributed by atoms with Gasteiger partial charge >= 0.3 is 0 Å². The van der Waals surface area contributed by atoms with Crippen LogP contribution in [0.1, 0.15) is 71.6 Å². The van der Waals surface area contributed by atoms with Crippen molar-refractivity contribution in [2.24, 2.45) is 0 Å². The maximum absolute atomic E-state index is 9.51. The van der Waals surface area contributed by atoms with Gasteiger partial charge in [-0.05, 0) is 25.8 Å². The SMILES string of the molecule is C=CCOC1(OCC(C)O)C=CC=C(CCCCCCCCC)C1. The Labute approximate surface area is 148 Å². The third-order valence-corrected chi connectivity index (χ3v) is 4.27. The molecule has 0 amide bonds. The first-order chi connectivity index (χ1) is 11.6. The molecule has 24 heavy (non-hydrogen) atoms. The summed E-state index contributed by atoms with van der Waals surface area (Å²) in [6.07, 6.45) is 18.4. The van der Waals surface area contributed by atoms with Gasteiger partial charge in [0.1, 0.15) is 0 Å². The molecule has 0 spiro atoms. The Morgan fingerprint density at radius 2 is 1.92 bits per heavy atom. The quantitative estimate of drug-likeness (QED) is 0.265. The highest BCUT2D eigenvalue weighted by atomic mass is 16.7. The van der Waals surface area contributed by atoms with Crippen molar-refractivity contribution in [1.82, 2.24) is 0 Å². The van der Waals surface area contributed by atoms with Gasteiger partial charge in [-0.15, -0.1) is 6.58 Å².